The maximum Gasteiger partial charge on any atom is 0.243 e. The van der Waals surface area contributed by atoms with Crippen molar-refractivity contribution in [3.8, 4) is 0 Å². The number of amides is 1. The van der Waals surface area contributed by atoms with Crippen molar-refractivity contribution in [2.75, 3.05) is 11.9 Å². The van der Waals surface area contributed by atoms with E-state index in [1.165, 1.54) is 0 Å². The molecule has 1 aromatic rings. The monoisotopic (exact) mass is 221 g/mol. The van der Waals surface area contributed by atoms with Crippen molar-refractivity contribution in [2.45, 2.75) is 26.3 Å². The van der Waals surface area contributed by atoms with Gasteiger partial charge >= 0.3 is 0 Å². The number of pyridine rings is 1. The number of rotatable bonds is 4. The molecule has 0 aliphatic carbocycles. The predicted octanol–water partition coefficient (Wildman–Crippen LogP) is 1.42. The summed E-state index contributed by atoms with van der Waals surface area (Å²) >= 11 is 0. The lowest BCUT2D eigenvalue weighted by Gasteiger charge is -2.24. The van der Waals surface area contributed by atoms with Crippen molar-refractivity contribution in [3.63, 3.8) is 0 Å². The average molecular weight is 221 g/mol. The van der Waals surface area contributed by atoms with Crippen LogP contribution in [0.4, 0.5) is 5.69 Å². The Morgan fingerprint density at radius 2 is 2.31 bits per heavy atom. The molecule has 2 N–H and O–H groups in total. The zero-order chi connectivity index (χ0) is 12.1. The summed E-state index contributed by atoms with van der Waals surface area (Å²) in [5.41, 5.74) is 6.67. The smallest absolute Gasteiger partial charge is 0.243 e. The zero-order valence-corrected chi connectivity index (χ0v) is 10.1. The number of anilines is 1. The van der Waals surface area contributed by atoms with E-state index in [1.807, 2.05) is 19.9 Å². The fourth-order valence-electron chi connectivity index (χ4n) is 1.40. The number of carbonyl (C=O) groups excluding carboxylic acids is 1. The summed E-state index contributed by atoms with van der Waals surface area (Å²) in [5.74, 6) is 0.119. The molecule has 0 bridgehead atoms. The summed E-state index contributed by atoms with van der Waals surface area (Å²) < 4.78 is 0. The van der Waals surface area contributed by atoms with Crippen molar-refractivity contribution >= 4 is 11.6 Å². The molecule has 0 aliphatic heterocycles. The van der Waals surface area contributed by atoms with Gasteiger partial charge in [0.2, 0.25) is 5.91 Å². The lowest BCUT2D eigenvalue weighted by atomic mass is 9.99. The fourth-order valence-corrected chi connectivity index (χ4v) is 1.40. The van der Waals surface area contributed by atoms with Gasteiger partial charge in [0.05, 0.1) is 17.9 Å². The second kappa shape index (κ2) is 5.61. The quantitative estimate of drug-likeness (QED) is 0.836. The summed E-state index contributed by atoms with van der Waals surface area (Å²) in [7, 11) is 1.72. The highest BCUT2D eigenvalue weighted by atomic mass is 16.2. The lowest BCUT2D eigenvalue weighted by Crippen LogP contribution is -2.45. The molecule has 1 heterocycles. The minimum absolute atomic E-state index is 0.0673. The summed E-state index contributed by atoms with van der Waals surface area (Å²) in [6, 6.07) is 3.19. The standard InChI is InChI=1S/C12H19N3O/c1-4-9(2)11(13)12(16)15(3)10-6-5-7-14-8-10/h5-9,11H,4,13H2,1-3H3. The first-order chi connectivity index (χ1) is 7.57. The third kappa shape index (κ3) is 2.79. The number of nitrogens with two attached hydrogens (primary N) is 1. The first-order valence-electron chi connectivity index (χ1n) is 5.51. The van der Waals surface area contributed by atoms with Crippen LogP contribution in [-0.2, 0) is 4.79 Å². The first kappa shape index (κ1) is 12.6. The Bertz CT molecular complexity index is 339. The second-order valence-electron chi connectivity index (χ2n) is 4.02. The molecule has 1 amide bonds. The molecule has 88 valence electrons. The van der Waals surface area contributed by atoms with Crippen LogP contribution in [0.5, 0.6) is 0 Å². The highest BCUT2D eigenvalue weighted by Gasteiger charge is 2.23. The Kier molecular flexibility index (Phi) is 4.43. The number of likely N-dealkylation sites (N-methyl/N-ethyl adjacent to an activating group) is 1. The predicted molar refractivity (Wildman–Crippen MR) is 65.1 cm³/mol. The van der Waals surface area contributed by atoms with E-state index in [4.69, 9.17) is 5.73 Å². The number of nitrogens with zero attached hydrogens (tertiary/aromatic N) is 2. The van der Waals surface area contributed by atoms with Crippen LogP contribution in [0.1, 0.15) is 20.3 Å². The van der Waals surface area contributed by atoms with Crippen molar-refractivity contribution in [3.05, 3.63) is 24.5 Å². The van der Waals surface area contributed by atoms with Gasteiger partial charge in [-0.15, -0.1) is 0 Å². The molecule has 2 unspecified atom stereocenters. The molecule has 0 saturated carbocycles. The third-order valence-corrected chi connectivity index (χ3v) is 2.91. The molecular formula is C12H19N3O. The molecule has 0 spiro atoms. The van der Waals surface area contributed by atoms with E-state index in [0.717, 1.165) is 12.1 Å². The highest BCUT2D eigenvalue weighted by Crippen LogP contribution is 2.14. The van der Waals surface area contributed by atoms with Gasteiger partial charge in [0.15, 0.2) is 0 Å². The van der Waals surface area contributed by atoms with Gasteiger partial charge in [0, 0.05) is 13.2 Å². The molecule has 0 aromatic carbocycles. The maximum atomic E-state index is 12.0. The molecule has 0 radical (unpaired) electrons. The van der Waals surface area contributed by atoms with Crippen molar-refractivity contribution in [1.82, 2.24) is 4.98 Å². The fraction of sp³-hybridized carbons (Fsp3) is 0.500. The van der Waals surface area contributed by atoms with Gasteiger partial charge in [-0.25, -0.2) is 0 Å². The number of aromatic nitrogens is 1. The van der Waals surface area contributed by atoms with Crippen LogP contribution in [0, 0.1) is 5.92 Å². The van der Waals surface area contributed by atoms with Gasteiger partial charge in [-0.3, -0.25) is 9.78 Å². The number of carbonyl (C=O) groups is 1. The Labute approximate surface area is 96.5 Å². The molecule has 1 aromatic heterocycles. The highest BCUT2D eigenvalue weighted by molar-refractivity contribution is 5.96. The summed E-state index contributed by atoms with van der Waals surface area (Å²) in [6.07, 6.45) is 4.23. The average Bonchev–Trinajstić information content (AvgIpc) is 2.36. The van der Waals surface area contributed by atoms with Crippen LogP contribution in [0.3, 0.4) is 0 Å². The van der Waals surface area contributed by atoms with E-state index in [9.17, 15) is 4.79 Å². The third-order valence-electron chi connectivity index (χ3n) is 2.91. The van der Waals surface area contributed by atoms with Crippen molar-refractivity contribution < 1.29 is 4.79 Å². The largest absolute Gasteiger partial charge is 0.320 e. The van der Waals surface area contributed by atoms with Gasteiger partial charge in [-0.05, 0) is 18.1 Å². The normalized spacial score (nSPS) is 14.2. The van der Waals surface area contributed by atoms with Crippen LogP contribution in [0.2, 0.25) is 0 Å². The van der Waals surface area contributed by atoms with Gasteiger partial charge in [0.25, 0.3) is 0 Å². The van der Waals surface area contributed by atoms with Gasteiger partial charge < -0.3 is 10.6 Å². The zero-order valence-electron chi connectivity index (χ0n) is 10.1. The van der Waals surface area contributed by atoms with E-state index < -0.39 is 6.04 Å². The first-order valence-corrected chi connectivity index (χ1v) is 5.51. The minimum atomic E-state index is -0.449. The Morgan fingerprint density at radius 1 is 1.62 bits per heavy atom. The minimum Gasteiger partial charge on any atom is -0.320 e. The molecule has 0 fully saturated rings. The Morgan fingerprint density at radius 3 is 2.81 bits per heavy atom. The molecule has 0 saturated heterocycles. The van der Waals surface area contributed by atoms with Gasteiger partial charge in [0.1, 0.15) is 0 Å². The lowest BCUT2D eigenvalue weighted by molar-refractivity contribution is -0.120. The van der Waals surface area contributed by atoms with E-state index in [1.54, 1.807) is 30.4 Å². The molecule has 16 heavy (non-hydrogen) atoms. The molecular weight excluding hydrogens is 202 g/mol. The number of hydrogen-bond donors (Lipinski definition) is 1. The Hall–Kier alpha value is -1.42. The van der Waals surface area contributed by atoms with E-state index in [0.29, 0.717) is 0 Å². The van der Waals surface area contributed by atoms with Gasteiger partial charge in [-0.1, -0.05) is 20.3 Å². The maximum absolute atomic E-state index is 12.0. The van der Waals surface area contributed by atoms with Crippen molar-refractivity contribution in [2.24, 2.45) is 11.7 Å². The Balaban J connectivity index is 2.75. The molecule has 2 atom stereocenters. The van der Waals surface area contributed by atoms with Crippen LogP contribution in [-0.4, -0.2) is 24.0 Å². The van der Waals surface area contributed by atoms with Crippen molar-refractivity contribution in [1.29, 1.82) is 0 Å². The van der Waals surface area contributed by atoms with Crippen LogP contribution in [0.25, 0.3) is 0 Å². The van der Waals surface area contributed by atoms with E-state index in [-0.39, 0.29) is 11.8 Å². The van der Waals surface area contributed by atoms with Gasteiger partial charge in [-0.2, -0.15) is 0 Å². The SMILES string of the molecule is CCC(C)C(N)C(=O)N(C)c1cccnc1. The molecule has 4 nitrogen and oxygen atoms in total. The molecule has 4 heteroatoms. The molecule has 0 aliphatic rings. The molecule has 1 rings (SSSR count). The summed E-state index contributed by atoms with van der Waals surface area (Å²) in [5, 5.41) is 0. The van der Waals surface area contributed by atoms with E-state index in [2.05, 4.69) is 4.98 Å². The second-order valence-corrected chi connectivity index (χ2v) is 4.02. The van der Waals surface area contributed by atoms with Crippen LogP contribution >= 0.6 is 0 Å². The summed E-state index contributed by atoms with van der Waals surface area (Å²) in [4.78, 5) is 17.6. The topological polar surface area (TPSA) is 59.2 Å². The summed E-state index contributed by atoms with van der Waals surface area (Å²) in [6.45, 7) is 4.02. The van der Waals surface area contributed by atoms with Crippen LogP contribution < -0.4 is 10.6 Å². The van der Waals surface area contributed by atoms with Crippen LogP contribution in [0.15, 0.2) is 24.5 Å². The van der Waals surface area contributed by atoms with E-state index >= 15 is 0 Å². The number of hydrogen-bond acceptors (Lipinski definition) is 3.